The first kappa shape index (κ1) is 24.5. The lowest BCUT2D eigenvalue weighted by atomic mass is 9.79. The van der Waals surface area contributed by atoms with Gasteiger partial charge in [-0.15, -0.1) is 0 Å². The van der Waals surface area contributed by atoms with Gasteiger partial charge in [0.15, 0.2) is 28.6 Å². The Morgan fingerprint density at radius 2 is 1.91 bits per heavy atom. The van der Waals surface area contributed by atoms with Gasteiger partial charge in [-0.2, -0.15) is 0 Å². The van der Waals surface area contributed by atoms with Crippen molar-refractivity contribution >= 4 is 24.6 Å². The summed E-state index contributed by atoms with van der Waals surface area (Å²) in [7, 11) is -4.58. The molecule has 0 radical (unpaired) electrons. The lowest BCUT2D eigenvalue weighted by Crippen LogP contribution is -2.49. The van der Waals surface area contributed by atoms with Crippen LogP contribution in [-0.4, -0.2) is 69.0 Å². The van der Waals surface area contributed by atoms with Crippen LogP contribution in [0.3, 0.4) is 0 Å². The molecule has 12 nitrogen and oxygen atoms in total. The summed E-state index contributed by atoms with van der Waals surface area (Å²) in [5.74, 6) is -0.404. The molecule has 7 unspecified atom stereocenters. The van der Waals surface area contributed by atoms with Gasteiger partial charge < -0.3 is 30.7 Å². The van der Waals surface area contributed by atoms with Crippen LogP contribution in [0.15, 0.2) is 6.33 Å². The molecule has 1 fully saturated rings. The van der Waals surface area contributed by atoms with Gasteiger partial charge in [0.1, 0.15) is 30.5 Å². The highest BCUT2D eigenvalue weighted by molar-refractivity contribution is 7.54. The fourth-order valence-electron chi connectivity index (χ4n) is 5.13. The Balaban J connectivity index is 1.91. The maximum atomic E-state index is 13.4. The minimum absolute atomic E-state index is 0.0120. The van der Waals surface area contributed by atoms with Crippen LogP contribution in [0.1, 0.15) is 71.3 Å². The van der Waals surface area contributed by atoms with Crippen LogP contribution in [0.2, 0.25) is 0 Å². The van der Waals surface area contributed by atoms with Crippen LogP contribution in [0.25, 0.3) is 11.2 Å². The highest BCUT2D eigenvalue weighted by Gasteiger charge is 2.61. The maximum absolute atomic E-state index is 13.4. The first-order valence-corrected chi connectivity index (χ1v) is 12.8. The van der Waals surface area contributed by atoms with Crippen LogP contribution in [0.5, 0.6) is 0 Å². The number of nitrogens with zero attached hydrogens (tertiary/aromatic N) is 4. The third-order valence-corrected chi connectivity index (χ3v) is 9.41. The summed E-state index contributed by atoms with van der Waals surface area (Å²) < 4.78 is 26.9. The average Bonchev–Trinajstić information content (AvgIpc) is 3.26. The summed E-state index contributed by atoms with van der Waals surface area (Å²) in [5, 5.41) is 30.5. The highest BCUT2D eigenvalue weighted by atomic mass is 31.2. The molecule has 0 amide bonds. The molecular weight excluding hydrogens is 453 g/mol. The number of anilines is 1. The Labute approximate surface area is 191 Å². The molecule has 2 aliphatic heterocycles. The van der Waals surface area contributed by atoms with Gasteiger partial charge in [-0.25, -0.2) is 15.0 Å². The first-order valence-electron chi connectivity index (χ1n) is 11.2. The van der Waals surface area contributed by atoms with Crippen molar-refractivity contribution in [3.05, 3.63) is 12.2 Å². The molecule has 33 heavy (non-hydrogen) atoms. The van der Waals surface area contributed by atoms with Crippen molar-refractivity contribution < 1.29 is 34.0 Å². The number of ether oxygens (including phenoxy) is 1. The topological polar surface area (TPSA) is 186 Å². The van der Waals surface area contributed by atoms with Crippen LogP contribution in [-0.2, 0) is 13.8 Å². The molecule has 2 aromatic heterocycles. The third kappa shape index (κ3) is 3.51. The van der Waals surface area contributed by atoms with Gasteiger partial charge >= 0.3 is 7.60 Å². The molecule has 7 atom stereocenters. The largest absolute Gasteiger partial charge is 0.387 e. The molecule has 184 valence electrons. The fourth-order valence-corrected chi connectivity index (χ4v) is 6.87. The first-order chi connectivity index (χ1) is 15.4. The van der Waals surface area contributed by atoms with E-state index >= 15 is 0 Å². The highest BCUT2D eigenvalue weighted by Crippen LogP contribution is 2.63. The minimum atomic E-state index is -4.58. The van der Waals surface area contributed by atoms with Gasteiger partial charge in [0.25, 0.3) is 0 Å². The second kappa shape index (κ2) is 8.23. The predicted octanol–water partition coefficient (Wildman–Crippen LogP) is 1.39. The van der Waals surface area contributed by atoms with Gasteiger partial charge in [0.2, 0.25) is 0 Å². The molecule has 2 bridgehead atoms. The van der Waals surface area contributed by atoms with Crippen molar-refractivity contribution in [2.45, 2.75) is 94.8 Å². The number of aromatic nitrogens is 4. The predicted molar refractivity (Wildman–Crippen MR) is 118 cm³/mol. The Morgan fingerprint density at radius 3 is 2.52 bits per heavy atom. The molecule has 2 aliphatic rings. The Kier molecular flexibility index (Phi) is 6.10. The summed E-state index contributed by atoms with van der Waals surface area (Å²) in [6, 6.07) is 0. The summed E-state index contributed by atoms with van der Waals surface area (Å²) in [6.07, 6.45) is -2.41. The van der Waals surface area contributed by atoms with Crippen LogP contribution in [0, 0.1) is 0 Å². The number of nitrogens with two attached hydrogens (primary N) is 1. The van der Waals surface area contributed by atoms with E-state index < -0.39 is 49.0 Å². The summed E-state index contributed by atoms with van der Waals surface area (Å²) in [5.41, 5.74) is 5.21. The molecular formula is C20H32N5O7P. The van der Waals surface area contributed by atoms with Crippen LogP contribution >= 0.6 is 7.60 Å². The number of imidazole rings is 1. The number of rotatable bonds is 8. The van der Waals surface area contributed by atoms with Crippen molar-refractivity contribution in [1.29, 1.82) is 0 Å². The van der Waals surface area contributed by atoms with Gasteiger partial charge in [-0.3, -0.25) is 13.7 Å². The van der Waals surface area contributed by atoms with Gasteiger partial charge in [-0.1, -0.05) is 27.2 Å². The van der Waals surface area contributed by atoms with Gasteiger partial charge in [-0.05, 0) is 26.2 Å². The molecule has 6 N–H and O–H groups in total. The molecule has 0 aliphatic carbocycles. The third-order valence-electron chi connectivity index (χ3n) is 7.06. The normalized spacial score (nSPS) is 30.7. The zero-order valence-electron chi connectivity index (χ0n) is 19.1. The number of hydrogen-bond donors (Lipinski definition) is 5. The van der Waals surface area contributed by atoms with Crippen molar-refractivity contribution in [3.63, 3.8) is 0 Å². The standard InChI is InChI=1S/C20H32N5O7P/c1-5-8-19(4,32-33(29,30)20(28,6-2)7-3)10-14-12(26)13(27)18(31-14)25-16(10)24-11-15(21)22-9-23-17(11)25/h9-10,12-14,18,26-28H,5-8H2,1-4H3,(H,29,30)(H2,21,22,23). The Hall–Kier alpha value is -1.66. The molecule has 2 aromatic rings. The molecule has 4 rings (SSSR count). The number of hydrogen-bond acceptors (Lipinski definition) is 10. The average molecular weight is 485 g/mol. The van der Waals surface area contributed by atoms with Gasteiger partial charge in [0, 0.05) is 0 Å². The monoisotopic (exact) mass is 485 g/mol. The smallest absolute Gasteiger partial charge is 0.359 e. The van der Waals surface area contributed by atoms with Crippen molar-refractivity contribution in [1.82, 2.24) is 19.5 Å². The zero-order valence-corrected chi connectivity index (χ0v) is 20.0. The summed E-state index contributed by atoms with van der Waals surface area (Å²) >= 11 is 0. The lowest BCUT2D eigenvalue weighted by molar-refractivity contribution is -0.111. The van der Waals surface area contributed by atoms with E-state index in [-0.39, 0.29) is 25.1 Å². The van der Waals surface area contributed by atoms with E-state index in [9.17, 15) is 24.8 Å². The number of aliphatic hydroxyl groups excluding tert-OH is 2. The van der Waals surface area contributed by atoms with Crippen LogP contribution < -0.4 is 5.73 Å². The zero-order chi connectivity index (χ0) is 24.3. The van der Waals surface area contributed by atoms with E-state index in [0.29, 0.717) is 23.4 Å². The molecule has 0 spiro atoms. The van der Waals surface area contributed by atoms with Crippen molar-refractivity contribution in [2.75, 3.05) is 5.73 Å². The van der Waals surface area contributed by atoms with E-state index in [1.165, 1.54) is 6.33 Å². The summed E-state index contributed by atoms with van der Waals surface area (Å²) in [6.45, 7) is 6.74. The molecule has 1 saturated heterocycles. The Bertz CT molecular complexity index is 1090. The number of nitrogen functional groups attached to an aromatic ring is 1. The minimum Gasteiger partial charge on any atom is -0.387 e. The summed E-state index contributed by atoms with van der Waals surface area (Å²) in [4.78, 5) is 23.7. The van der Waals surface area contributed by atoms with Crippen LogP contribution in [0.4, 0.5) is 5.82 Å². The lowest BCUT2D eigenvalue weighted by Gasteiger charge is -2.45. The van der Waals surface area contributed by atoms with Crippen molar-refractivity contribution in [3.8, 4) is 0 Å². The molecule has 0 saturated carbocycles. The van der Waals surface area contributed by atoms with Crippen molar-refractivity contribution in [2.24, 2.45) is 0 Å². The number of fused-ring (bicyclic) bond motifs is 6. The maximum Gasteiger partial charge on any atom is 0.359 e. The molecule has 4 heterocycles. The second-order valence-corrected chi connectivity index (χ2v) is 11.1. The fraction of sp³-hybridized carbons (Fsp3) is 0.750. The molecule has 0 aromatic carbocycles. The van der Waals surface area contributed by atoms with E-state index in [1.807, 2.05) is 6.92 Å². The van der Waals surface area contributed by atoms with Gasteiger partial charge in [0.05, 0.1) is 11.5 Å². The Morgan fingerprint density at radius 1 is 1.24 bits per heavy atom. The van der Waals surface area contributed by atoms with E-state index in [0.717, 1.165) is 0 Å². The quantitative estimate of drug-likeness (QED) is 0.340. The SMILES string of the molecule is CCCC(C)(OP(=O)(O)C(O)(CC)CC)C1c2nc3c(N)ncnc3n2C2OC1C(O)C2O. The van der Waals surface area contributed by atoms with E-state index in [2.05, 4.69) is 15.0 Å². The van der Waals surface area contributed by atoms with E-state index in [4.69, 9.17) is 15.0 Å². The second-order valence-electron chi connectivity index (χ2n) is 9.09. The molecule has 13 heteroatoms. The van der Waals surface area contributed by atoms with E-state index in [1.54, 1.807) is 25.3 Å². The number of aliphatic hydroxyl groups is 3.